The predicted molar refractivity (Wildman–Crippen MR) is 270 cm³/mol. The Morgan fingerprint density at radius 2 is 0.719 bits per heavy atom. The van der Waals surface area contributed by atoms with Crippen LogP contribution in [-0.4, -0.2) is 0 Å². The Morgan fingerprint density at radius 3 is 1.34 bits per heavy atom. The highest BCUT2D eigenvalue weighted by atomic mass is 15.1. The van der Waals surface area contributed by atoms with Crippen LogP contribution in [0.4, 0.5) is 17.1 Å². The first-order chi connectivity index (χ1) is 31.8. The van der Waals surface area contributed by atoms with E-state index in [-0.39, 0.29) is 0 Å². The van der Waals surface area contributed by atoms with Gasteiger partial charge in [0.1, 0.15) is 0 Å². The molecule has 0 amide bonds. The van der Waals surface area contributed by atoms with Crippen LogP contribution in [0.5, 0.6) is 0 Å². The van der Waals surface area contributed by atoms with Crippen molar-refractivity contribution in [2.45, 2.75) is 5.41 Å². The predicted octanol–water partition coefficient (Wildman–Crippen LogP) is 16.8. The van der Waals surface area contributed by atoms with Gasteiger partial charge in [0.15, 0.2) is 0 Å². The molecule has 64 heavy (non-hydrogen) atoms. The van der Waals surface area contributed by atoms with Crippen molar-refractivity contribution in [3.63, 3.8) is 0 Å². The molecule has 0 atom stereocenters. The van der Waals surface area contributed by atoms with E-state index in [9.17, 15) is 0 Å². The van der Waals surface area contributed by atoms with E-state index in [0.717, 1.165) is 17.1 Å². The summed E-state index contributed by atoms with van der Waals surface area (Å²) >= 11 is 0. The molecular weight excluding hydrogens is 771 g/mol. The standard InChI is InChI=1S/C63H43N/c1-4-18-45(19-5-1)57-42-48-21-10-11-22-49(48)43-58(57)47-36-40-53(41-37-47)64(52-38-34-46(35-39-52)55-30-16-23-44-20-12-13-28-54(44)55)61-33-17-32-60-62(61)56-29-14-15-31-59(56)63(60,50-24-6-2-7-25-50)51-26-8-3-9-27-51/h1-43H. The van der Waals surface area contributed by atoms with E-state index in [0.29, 0.717) is 0 Å². The molecule has 11 aromatic carbocycles. The summed E-state index contributed by atoms with van der Waals surface area (Å²) in [6, 6.07) is 95.9. The maximum absolute atomic E-state index is 2.47. The molecule has 0 aromatic heterocycles. The van der Waals surface area contributed by atoms with Gasteiger partial charge < -0.3 is 4.90 Å². The Kier molecular flexibility index (Phi) is 9.13. The van der Waals surface area contributed by atoms with Crippen molar-refractivity contribution >= 4 is 38.6 Å². The van der Waals surface area contributed by atoms with E-state index in [1.165, 1.54) is 88.3 Å². The van der Waals surface area contributed by atoms with Crippen LogP contribution in [-0.2, 0) is 5.41 Å². The molecule has 0 fully saturated rings. The average molecular weight is 814 g/mol. The van der Waals surface area contributed by atoms with Crippen molar-refractivity contribution in [2.24, 2.45) is 0 Å². The highest BCUT2D eigenvalue weighted by molar-refractivity contribution is 6.00. The third-order valence-corrected chi connectivity index (χ3v) is 13.3. The molecule has 0 unspecified atom stereocenters. The molecule has 12 rings (SSSR count). The lowest BCUT2D eigenvalue weighted by Crippen LogP contribution is -2.28. The first-order valence-electron chi connectivity index (χ1n) is 22.2. The minimum absolute atomic E-state index is 0.512. The number of benzene rings is 11. The molecule has 0 heterocycles. The molecule has 0 spiro atoms. The van der Waals surface area contributed by atoms with Crippen LogP contribution in [0.1, 0.15) is 22.3 Å². The van der Waals surface area contributed by atoms with Gasteiger partial charge in [-0.05, 0) is 125 Å². The van der Waals surface area contributed by atoms with Gasteiger partial charge in [0, 0.05) is 16.9 Å². The highest BCUT2D eigenvalue weighted by Gasteiger charge is 2.47. The summed E-state index contributed by atoms with van der Waals surface area (Å²) in [7, 11) is 0. The van der Waals surface area contributed by atoms with Gasteiger partial charge in [-0.3, -0.25) is 0 Å². The Morgan fingerprint density at radius 1 is 0.281 bits per heavy atom. The average Bonchev–Trinajstić information content (AvgIpc) is 3.69. The van der Waals surface area contributed by atoms with Gasteiger partial charge in [0.25, 0.3) is 0 Å². The largest absolute Gasteiger partial charge is 0.310 e. The van der Waals surface area contributed by atoms with Gasteiger partial charge in [-0.25, -0.2) is 0 Å². The number of hydrogen-bond donors (Lipinski definition) is 0. The van der Waals surface area contributed by atoms with Crippen LogP contribution in [0.15, 0.2) is 261 Å². The maximum atomic E-state index is 2.47. The van der Waals surface area contributed by atoms with E-state index in [2.05, 4.69) is 266 Å². The second kappa shape index (κ2) is 15.6. The summed E-state index contributed by atoms with van der Waals surface area (Å²) in [6.07, 6.45) is 0. The summed E-state index contributed by atoms with van der Waals surface area (Å²) in [4.78, 5) is 2.47. The first-order valence-corrected chi connectivity index (χ1v) is 22.2. The Bertz CT molecular complexity index is 3420. The van der Waals surface area contributed by atoms with Gasteiger partial charge in [-0.15, -0.1) is 0 Å². The van der Waals surface area contributed by atoms with Crippen molar-refractivity contribution in [3.05, 3.63) is 283 Å². The van der Waals surface area contributed by atoms with Crippen molar-refractivity contribution in [1.29, 1.82) is 0 Å². The second-order valence-electron chi connectivity index (χ2n) is 16.8. The molecule has 0 aliphatic heterocycles. The maximum Gasteiger partial charge on any atom is 0.0714 e. The topological polar surface area (TPSA) is 3.24 Å². The quantitative estimate of drug-likeness (QED) is 0.148. The summed E-state index contributed by atoms with van der Waals surface area (Å²) in [5, 5.41) is 4.96. The number of anilines is 3. The molecule has 0 saturated carbocycles. The minimum Gasteiger partial charge on any atom is -0.310 e. The van der Waals surface area contributed by atoms with Crippen molar-refractivity contribution in [2.75, 3.05) is 4.90 Å². The zero-order chi connectivity index (χ0) is 42.5. The smallest absolute Gasteiger partial charge is 0.0714 e. The molecule has 0 bridgehead atoms. The zero-order valence-corrected chi connectivity index (χ0v) is 35.3. The van der Waals surface area contributed by atoms with Crippen LogP contribution in [0.25, 0.3) is 66.1 Å². The van der Waals surface area contributed by atoms with Crippen LogP contribution in [0.2, 0.25) is 0 Å². The van der Waals surface area contributed by atoms with Gasteiger partial charge in [-0.1, -0.05) is 218 Å². The van der Waals surface area contributed by atoms with Crippen LogP contribution < -0.4 is 4.90 Å². The van der Waals surface area contributed by atoms with Gasteiger partial charge in [0.05, 0.1) is 11.1 Å². The second-order valence-corrected chi connectivity index (χ2v) is 16.8. The summed E-state index contributed by atoms with van der Waals surface area (Å²) in [5.41, 5.74) is 17.6. The fourth-order valence-electron chi connectivity index (χ4n) is 10.5. The lowest BCUT2D eigenvalue weighted by molar-refractivity contribution is 0.768. The molecule has 1 nitrogen and oxygen atoms in total. The Hall–Kier alpha value is -8.26. The molecule has 0 saturated heterocycles. The molecule has 1 heteroatoms. The molecule has 0 radical (unpaired) electrons. The fraction of sp³-hybridized carbons (Fsp3) is 0.0159. The van der Waals surface area contributed by atoms with Crippen molar-refractivity contribution in [1.82, 2.24) is 0 Å². The lowest BCUT2D eigenvalue weighted by Gasteiger charge is -2.34. The van der Waals surface area contributed by atoms with Crippen LogP contribution >= 0.6 is 0 Å². The van der Waals surface area contributed by atoms with Crippen molar-refractivity contribution < 1.29 is 0 Å². The number of nitrogens with zero attached hydrogens (tertiary/aromatic N) is 1. The number of rotatable bonds is 8. The van der Waals surface area contributed by atoms with Gasteiger partial charge in [-0.2, -0.15) is 0 Å². The van der Waals surface area contributed by atoms with E-state index in [4.69, 9.17) is 0 Å². The van der Waals surface area contributed by atoms with Crippen LogP contribution in [0, 0.1) is 0 Å². The van der Waals surface area contributed by atoms with Crippen molar-refractivity contribution in [3.8, 4) is 44.5 Å². The number of hydrogen-bond acceptors (Lipinski definition) is 1. The van der Waals surface area contributed by atoms with Gasteiger partial charge in [0.2, 0.25) is 0 Å². The number of fused-ring (bicyclic) bond motifs is 5. The monoisotopic (exact) mass is 813 g/mol. The molecule has 11 aromatic rings. The molecule has 1 aliphatic rings. The molecule has 0 N–H and O–H groups in total. The third-order valence-electron chi connectivity index (χ3n) is 13.3. The first kappa shape index (κ1) is 37.5. The van der Waals surface area contributed by atoms with Gasteiger partial charge >= 0.3 is 0 Å². The normalized spacial score (nSPS) is 12.5. The lowest BCUT2D eigenvalue weighted by atomic mass is 9.68. The molecular formula is C63H43N. The van der Waals surface area contributed by atoms with E-state index >= 15 is 0 Å². The SMILES string of the molecule is c1ccc(-c2cc3ccccc3cc2-c2ccc(N(c3ccc(-c4cccc5ccccc45)cc3)c3cccc4c3-c3ccccc3C4(c3ccccc3)c3ccccc3)cc2)cc1. The molecule has 300 valence electrons. The Labute approximate surface area is 374 Å². The van der Waals surface area contributed by atoms with E-state index in [1.807, 2.05) is 0 Å². The molecule has 1 aliphatic carbocycles. The van der Waals surface area contributed by atoms with E-state index in [1.54, 1.807) is 0 Å². The van der Waals surface area contributed by atoms with Crippen LogP contribution in [0.3, 0.4) is 0 Å². The highest BCUT2D eigenvalue weighted by Crippen LogP contribution is 2.59. The summed E-state index contributed by atoms with van der Waals surface area (Å²) in [6.45, 7) is 0. The van der Waals surface area contributed by atoms with E-state index < -0.39 is 5.41 Å². The Balaban J connectivity index is 1.07. The minimum atomic E-state index is -0.512. The zero-order valence-electron chi connectivity index (χ0n) is 35.3. The fourth-order valence-corrected chi connectivity index (χ4v) is 10.5. The summed E-state index contributed by atoms with van der Waals surface area (Å²) in [5.74, 6) is 0. The summed E-state index contributed by atoms with van der Waals surface area (Å²) < 4.78 is 0. The third kappa shape index (κ3) is 6.08.